The van der Waals surface area contributed by atoms with Gasteiger partial charge in [0.25, 0.3) is 0 Å². The van der Waals surface area contributed by atoms with Crippen molar-refractivity contribution >= 4 is 5.97 Å². The Labute approximate surface area is 100 Å². The number of unbranched alkanes of at least 4 members (excludes halogenated alkanes) is 1. The number of nitrogens with zero attached hydrogens (tertiary/aromatic N) is 1. The van der Waals surface area contributed by atoms with E-state index in [1.807, 2.05) is 6.92 Å². The lowest BCUT2D eigenvalue weighted by atomic mass is 10.2. The molecule has 0 aliphatic carbocycles. The first kappa shape index (κ1) is 15.4. The Morgan fingerprint density at radius 3 is 2.00 bits per heavy atom. The summed E-state index contributed by atoms with van der Waals surface area (Å²) in [5.74, 6) is -0.0813. The molecular formula is C13H28NO2+. The molecule has 3 heteroatoms. The van der Waals surface area contributed by atoms with Crippen molar-refractivity contribution < 1.29 is 14.0 Å². The van der Waals surface area contributed by atoms with E-state index in [1.165, 1.54) is 30.7 Å². The van der Waals surface area contributed by atoms with Gasteiger partial charge in [-0.3, -0.25) is 4.79 Å². The fraction of sp³-hybridized carbons (Fsp3) is 0.923. The van der Waals surface area contributed by atoms with E-state index in [9.17, 15) is 4.79 Å². The molecule has 0 aromatic carbocycles. The zero-order valence-corrected chi connectivity index (χ0v) is 11.4. The maximum Gasteiger partial charge on any atom is 0.305 e. The Bertz CT molecular complexity index is 180. The molecule has 96 valence electrons. The van der Waals surface area contributed by atoms with Gasteiger partial charge >= 0.3 is 5.97 Å². The van der Waals surface area contributed by atoms with Gasteiger partial charge in [0.15, 0.2) is 0 Å². The van der Waals surface area contributed by atoms with Gasteiger partial charge in [0.05, 0.1) is 32.8 Å². The van der Waals surface area contributed by atoms with Crippen molar-refractivity contribution in [3.63, 3.8) is 0 Å². The summed E-state index contributed by atoms with van der Waals surface area (Å²) in [6, 6.07) is 0. The topological polar surface area (TPSA) is 26.3 Å². The molecule has 0 fully saturated rings. The Hall–Kier alpha value is -0.570. The van der Waals surface area contributed by atoms with Crippen LogP contribution in [0, 0.1) is 0 Å². The molecule has 0 aliphatic heterocycles. The molecule has 0 unspecified atom stereocenters. The Morgan fingerprint density at radius 1 is 1.00 bits per heavy atom. The van der Waals surface area contributed by atoms with Crippen LogP contribution in [-0.4, -0.2) is 43.2 Å². The van der Waals surface area contributed by atoms with Crippen molar-refractivity contribution in [3.8, 4) is 0 Å². The second kappa shape index (κ2) is 8.57. The van der Waals surface area contributed by atoms with Crippen molar-refractivity contribution in [1.29, 1.82) is 0 Å². The summed E-state index contributed by atoms with van der Waals surface area (Å²) in [5.41, 5.74) is 0. The Balaban J connectivity index is 3.67. The van der Waals surface area contributed by atoms with Crippen LogP contribution in [0.1, 0.15) is 47.0 Å². The van der Waals surface area contributed by atoms with Crippen molar-refractivity contribution in [1.82, 2.24) is 0 Å². The standard InChI is InChI=1S/C13H28NO2/c1-5-13(15)16-12-10-9-11-14(6-2,7-3)8-4/h5-12H2,1-4H3/q+1. The summed E-state index contributed by atoms with van der Waals surface area (Å²) in [7, 11) is 0. The lowest BCUT2D eigenvalue weighted by Crippen LogP contribution is -2.48. The van der Waals surface area contributed by atoms with Gasteiger partial charge < -0.3 is 9.22 Å². The number of carbonyl (C=O) groups is 1. The van der Waals surface area contributed by atoms with Crippen molar-refractivity contribution in [2.75, 3.05) is 32.8 Å². The van der Waals surface area contributed by atoms with Gasteiger partial charge in [-0.25, -0.2) is 0 Å². The van der Waals surface area contributed by atoms with Crippen LogP contribution >= 0.6 is 0 Å². The van der Waals surface area contributed by atoms with E-state index in [0.717, 1.165) is 12.8 Å². The molecule has 0 N–H and O–H groups in total. The highest BCUT2D eigenvalue weighted by atomic mass is 16.5. The van der Waals surface area contributed by atoms with Gasteiger partial charge in [0.2, 0.25) is 0 Å². The van der Waals surface area contributed by atoms with Crippen LogP contribution in [0.2, 0.25) is 0 Å². The van der Waals surface area contributed by atoms with Crippen LogP contribution in [0.25, 0.3) is 0 Å². The van der Waals surface area contributed by atoms with E-state index >= 15 is 0 Å². The molecule has 0 rings (SSSR count). The summed E-state index contributed by atoms with van der Waals surface area (Å²) >= 11 is 0. The first-order chi connectivity index (χ1) is 7.64. The molecule has 0 bridgehead atoms. The highest BCUT2D eigenvalue weighted by molar-refractivity contribution is 5.68. The number of hydrogen-bond acceptors (Lipinski definition) is 2. The molecule has 3 nitrogen and oxygen atoms in total. The fourth-order valence-electron chi connectivity index (χ4n) is 1.98. The van der Waals surface area contributed by atoms with Gasteiger partial charge in [-0.05, 0) is 33.6 Å². The van der Waals surface area contributed by atoms with E-state index in [0.29, 0.717) is 13.0 Å². The van der Waals surface area contributed by atoms with E-state index < -0.39 is 0 Å². The third-order valence-corrected chi connectivity index (χ3v) is 3.59. The molecule has 0 aromatic rings. The molecule has 0 radical (unpaired) electrons. The molecule has 0 spiro atoms. The Kier molecular flexibility index (Phi) is 8.26. The lowest BCUT2D eigenvalue weighted by molar-refractivity contribution is -0.923. The minimum absolute atomic E-state index is 0.0813. The second-order valence-electron chi connectivity index (χ2n) is 4.30. The highest BCUT2D eigenvalue weighted by Gasteiger charge is 2.19. The largest absolute Gasteiger partial charge is 0.466 e. The number of rotatable bonds is 9. The minimum Gasteiger partial charge on any atom is -0.466 e. The van der Waals surface area contributed by atoms with Gasteiger partial charge in [-0.1, -0.05) is 6.92 Å². The van der Waals surface area contributed by atoms with Crippen LogP contribution in [0.4, 0.5) is 0 Å². The molecule has 0 aliphatic rings. The smallest absolute Gasteiger partial charge is 0.305 e. The number of esters is 1. The van der Waals surface area contributed by atoms with Crippen LogP contribution < -0.4 is 0 Å². The molecule has 0 amide bonds. The summed E-state index contributed by atoms with van der Waals surface area (Å²) in [6.45, 7) is 14.0. The third-order valence-electron chi connectivity index (χ3n) is 3.59. The minimum atomic E-state index is -0.0813. The van der Waals surface area contributed by atoms with Crippen molar-refractivity contribution in [2.45, 2.75) is 47.0 Å². The predicted octanol–water partition coefficient (Wildman–Crippen LogP) is 2.60. The van der Waals surface area contributed by atoms with E-state index in [2.05, 4.69) is 20.8 Å². The van der Waals surface area contributed by atoms with E-state index in [1.54, 1.807) is 0 Å². The van der Waals surface area contributed by atoms with Crippen LogP contribution in [0.15, 0.2) is 0 Å². The third kappa shape index (κ3) is 5.50. The zero-order valence-electron chi connectivity index (χ0n) is 11.4. The molecule has 0 aromatic heterocycles. The number of ether oxygens (including phenoxy) is 1. The summed E-state index contributed by atoms with van der Waals surface area (Å²) in [6.07, 6.45) is 2.62. The highest BCUT2D eigenvalue weighted by Crippen LogP contribution is 2.08. The summed E-state index contributed by atoms with van der Waals surface area (Å²) in [5, 5.41) is 0. The maximum absolute atomic E-state index is 10.9. The Morgan fingerprint density at radius 2 is 1.56 bits per heavy atom. The number of quaternary nitrogens is 1. The van der Waals surface area contributed by atoms with Gasteiger partial charge in [-0.2, -0.15) is 0 Å². The zero-order chi connectivity index (χ0) is 12.4. The number of hydrogen-bond donors (Lipinski definition) is 0. The molecule has 16 heavy (non-hydrogen) atoms. The average molecular weight is 230 g/mol. The number of carbonyl (C=O) groups excluding carboxylic acids is 1. The molecule has 0 saturated heterocycles. The molecule has 0 saturated carbocycles. The van der Waals surface area contributed by atoms with Crippen LogP contribution in [0.3, 0.4) is 0 Å². The van der Waals surface area contributed by atoms with Gasteiger partial charge in [-0.15, -0.1) is 0 Å². The summed E-state index contributed by atoms with van der Waals surface area (Å²) in [4.78, 5) is 10.9. The molecular weight excluding hydrogens is 202 g/mol. The summed E-state index contributed by atoms with van der Waals surface area (Å²) < 4.78 is 6.24. The van der Waals surface area contributed by atoms with Gasteiger partial charge in [0, 0.05) is 6.42 Å². The SMILES string of the molecule is CCC(=O)OCCCC[N+](CC)(CC)CC. The molecule has 0 heterocycles. The monoisotopic (exact) mass is 230 g/mol. The average Bonchev–Trinajstić information content (AvgIpc) is 2.34. The quantitative estimate of drug-likeness (QED) is 0.346. The fourth-order valence-corrected chi connectivity index (χ4v) is 1.98. The predicted molar refractivity (Wildman–Crippen MR) is 67.2 cm³/mol. The van der Waals surface area contributed by atoms with Crippen molar-refractivity contribution in [3.05, 3.63) is 0 Å². The molecule has 0 atom stereocenters. The van der Waals surface area contributed by atoms with E-state index in [4.69, 9.17) is 4.74 Å². The van der Waals surface area contributed by atoms with Crippen LogP contribution in [0.5, 0.6) is 0 Å². The van der Waals surface area contributed by atoms with Crippen molar-refractivity contribution in [2.24, 2.45) is 0 Å². The lowest BCUT2D eigenvalue weighted by Gasteiger charge is -2.35. The maximum atomic E-state index is 10.9. The van der Waals surface area contributed by atoms with Crippen LogP contribution in [-0.2, 0) is 9.53 Å². The second-order valence-corrected chi connectivity index (χ2v) is 4.30. The van der Waals surface area contributed by atoms with E-state index in [-0.39, 0.29) is 5.97 Å². The first-order valence-electron chi connectivity index (χ1n) is 6.64. The first-order valence-corrected chi connectivity index (χ1v) is 6.64. The van der Waals surface area contributed by atoms with Gasteiger partial charge in [0.1, 0.15) is 0 Å². The normalized spacial score (nSPS) is 11.5.